The molecule has 3 nitrogen and oxygen atoms in total. The first-order valence-electron chi connectivity index (χ1n) is 9.65. The van der Waals surface area contributed by atoms with Gasteiger partial charge in [-0.05, 0) is 12.8 Å². The summed E-state index contributed by atoms with van der Waals surface area (Å²) >= 11 is 0. The lowest BCUT2D eigenvalue weighted by Gasteiger charge is -2.02. The molecule has 3 heteroatoms. The van der Waals surface area contributed by atoms with Gasteiger partial charge in [-0.2, -0.15) is 0 Å². The van der Waals surface area contributed by atoms with Gasteiger partial charge in [0.25, 0.3) is 0 Å². The fourth-order valence-electron chi connectivity index (χ4n) is 3.00. The average molecular weight is 322 g/mol. The molecular formula is C20H34O3. The van der Waals surface area contributed by atoms with E-state index in [-0.39, 0.29) is 18.3 Å². The van der Waals surface area contributed by atoms with Gasteiger partial charge in [0.05, 0.1) is 12.3 Å². The molecule has 23 heavy (non-hydrogen) atoms. The number of hydrogen-bond acceptors (Lipinski definition) is 3. The summed E-state index contributed by atoms with van der Waals surface area (Å²) in [5, 5.41) is 0. The Kier molecular flexibility index (Phi) is 11.5. The molecule has 1 aliphatic rings. The van der Waals surface area contributed by atoms with Crippen LogP contribution in [-0.2, 0) is 14.3 Å². The maximum Gasteiger partial charge on any atom is 0.321 e. The van der Waals surface area contributed by atoms with Crippen molar-refractivity contribution in [3.63, 3.8) is 0 Å². The highest BCUT2D eigenvalue weighted by molar-refractivity contribution is 5.95. The summed E-state index contributed by atoms with van der Waals surface area (Å²) in [6, 6.07) is 0. The quantitative estimate of drug-likeness (QED) is 0.178. The summed E-state index contributed by atoms with van der Waals surface area (Å²) in [4.78, 5) is 22.2. The summed E-state index contributed by atoms with van der Waals surface area (Å²) in [5.74, 6) is -1.12. The maximum atomic E-state index is 11.3. The number of allylic oxidation sites excluding steroid dienone is 1. The van der Waals surface area contributed by atoms with Crippen molar-refractivity contribution < 1.29 is 14.3 Å². The van der Waals surface area contributed by atoms with Crippen molar-refractivity contribution in [1.82, 2.24) is 0 Å². The first-order chi connectivity index (χ1) is 11.2. The van der Waals surface area contributed by atoms with Gasteiger partial charge in [0.2, 0.25) is 0 Å². The predicted octanol–water partition coefficient (Wildman–Crippen LogP) is 5.72. The van der Waals surface area contributed by atoms with Crippen LogP contribution in [0.5, 0.6) is 0 Å². The Hall–Kier alpha value is -1.12. The number of cyclic esters (lactones) is 2. The minimum atomic E-state index is -0.394. The van der Waals surface area contributed by atoms with Crippen LogP contribution in [0.15, 0.2) is 12.2 Å². The van der Waals surface area contributed by atoms with Crippen molar-refractivity contribution in [2.45, 2.75) is 96.8 Å². The number of rotatable bonds is 14. The number of hydrogen-bond donors (Lipinski definition) is 0. The molecule has 1 rings (SSSR count). The maximum absolute atomic E-state index is 11.3. The molecule has 0 aromatic rings. The Morgan fingerprint density at radius 2 is 1.39 bits per heavy atom. The van der Waals surface area contributed by atoms with Gasteiger partial charge < -0.3 is 4.74 Å². The molecule has 0 N–H and O–H groups in total. The molecule has 1 heterocycles. The van der Waals surface area contributed by atoms with E-state index in [1.54, 1.807) is 0 Å². The van der Waals surface area contributed by atoms with E-state index >= 15 is 0 Å². The van der Waals surface area contributed by atoms with Gasteiger partial charge in [0, 0.05) is 0 Å². The summed E-state index contributed by atoms with van der Waals surface area (Å²) in [7, 11) is 0. The van der Waals surface area contributed by atoms with Crippen LogP contribution in [0.1, 0.15) is 96.8 Å². The lowest BCUT2D eigenvalue weighted by atomic mass is 10.0. The SMILES string of the molecule is CCCCCCCCCCCCCCC=C[C@@H]1CC(=O)OC1=O. The molecule has 0 unspecified atom stereocenters. The molecule has 0 radical (unpaired) electrons. The van der Waals surface area contributed by atoms with E-state index in [9.17, 15) is 9.59 Å². The van der Waals surface area contributed by atoms with Gasteiger partial charge in [0.15, 0.2) is 0 Å². The van der Waals surface area contributed by atoms with Gasteiger partial charge >= 0.3 is 11.9 Å². The number of esters is 2. The molecule has 0 aromatic carbocycles. The Morgan fingerprint density at radius 1 is 0.870 bits per heavy atom. The first kappa shape index (κ1) is 19.9. The second-order valence-electron chi connectivity index (χ2n) is 6.71. The highest BCUT2D eigenvalue weighted by atomic mass is 16.6. The van der Waals surface area contributed by atoms with Crippen molar-refractivity contribution in [1.29, 1.82) is 0 Å². The van der Waals surface area contributed by atoms with Crippen molar-refractivity contribution >= 4 is 11.9 Å². The van der Waals surface area contributed by atoms with E-state index in [2.05, 4.69) is 11.7 Å². The highest BCUT2D eigenvalue weighted by Crippen LogP contribution is 2.18. The van der Waals surface area contributed by atoms with E-state index in [1.807, 2.05) is 12.2 Å². The molecule has 1 aliphatic heterocycles. The molecule has 0 aromatic heterocycles. The van der Waals surface area contributed by atoms with Crippen molar-refractivity contribution in [3.8, 4) is 0 Å². The minimum absolute atomic E-state index is 0.216. The summed E-state index contributed by atoms with van der Waals surface area (Å²) in [6.07, 6.45) is 21.3. The molecule has 132 valence electrons. The van der Waals surface area contributed by atoms with Crippen LogP contribution in [-0.4, -0.2) is 11.9 Å². The average Bonchev–Trinajstić information content (AvgIpc) is 2.85. The topological polar surface area (TPSA) is 43.4 Å². The van der Waals surface area contributed by atoms with E-state index in [0.717, 1.165) is 6.42 Å². The summed E-state index contributed by atoms with van der Waals surface area (Å²) < 4.78 is 4.51. The Morgan fingerprint density at radius 3 is 1.87 bits per heavy atom. The van der Waals surface area contributed by atoms with Crippen LogP contribution in [0.4, 0.5) is 0 Å². The Bertz CT molecular complexity index is 360. The van der Waals surface area contributed by atoms with Crippen LogP contribution >= 0.6 is 0 Å². The van der Waals surface area contributed by atoms with Crippen molar-refractivity contribution in [2.75, 3.05) is 0 Å². The number of unbranched alkanes of at least 4 members (excludes halogenated alkanes) is 12. The van der Waals surface area contributed by atoms with E-state index in [0.29, 0.717) is 0 Å². The van der Waals surface area contributed by atoms with Gasteiger partial charge in [-0.25, -0.2) is 0 Å². The Balaban J connectivity index is 1.81. The molecule has 0 saturated carbocycles. The van der Waals surface area contributed by atoms with Crippen LogP contribution < -0.4 is 0 Å². The molecule has 1 saturated heterocycles. The molecule has 0 spiro atoms. The van der Waals surface area contributed by atoms with Crippen molar-refractivity contribution in [3.05, 3.63) is 12.2 Å². The van der Waals surface area contributed by atoms with E-state index < -0.39 is 5.97 Å². The van der Waals surface area contributed by atoms with E-state index in [4.69, 9.17) is 0 Å². The number of carbonyl (C=O) groups is 2. The third-order valence-electron chi connectivity index (χ3n) is 4.50. The zero-order chi connectivity index (χ0) is 16.8. The highest BCUT2D eigenvalue weighted by Gasteiger charge is 2.30. The van der Waals surface area contributed by atoms with E-state index in [1.165, 1.54) is 77.0 Å². The molecular weight excluding hydrogens is 288 g/mol. The zero-order valence-corrected chi connectivity index (χ0v) is 14.9. The minimum Gasteiger partial charge on any atom is -0.393 e. The lowest BCUT2D eigenvalue weighted by Crippen LogP contribution is -2.03. The molecule has 0 amide bonds. The second kappa shape index (κ2) is 13.3. The Labute approximate surface area is 141 Å². The third-order valence-corrected chi connectivity index (χ3v) is 4.50. The molecule has 1 atom stereocenters. The van der Waals surface area contributed by atoms with Gasteiger partial charge in [0.1, 0.15) is 0 Å². The van der Waals surface area contributed by atoms with Crippen LogP contribution in [0.3, 0.4) is 0 Å². The zero-order valence-electron chi connectivity index (χ0n) is 14.9. The van der Waals surface area contributed by atoms with Crippen LogP contribution in [0.2, 0.25) is 0 Å². The third kappa shape index (κ3) is 10.3. The normalized spacial score (nSPS) is 18.0. The fourth-order valence-corrected chi connectivity index (χ4v) is 3.00. The largest absolute Gasteiger partial charge is 0.393 e. The lowest BCUT2D eigenvalue weighted by molar-refractivity contribution is -0.152. The summed E-state index contributed by atoms with van der Waals surface area (Å²) in [6.45, 7) is 2.26. The first-order valence-corrected chi connectivity index (χ1v) is 9.65. The second-order valence-corrected chi connectivity index (χ2v) is 6.71. The fraction of sp³-hybridized carbons (Fsp3) is 0.800. The van der Waals surface area contributed by atoms with Crippen molar-refractivity contribution in [2.24, 2.45) is 5.92 Å². The predicted molar refractivity (Wildman–Crippen MR) is 94.0 cm³/mol. The standard InChI is InChI=1S/C20H34O3/c1-2-3-4-5-6-7-8-9-10-11-12-13-14-15-16-18-17-19(21)23-20(18)22/h15-16,18H,2-14,17H2,1H3/t18-/m1/s1. The summed E-state index contributed by atoms with van der Waals surface area (Å²) in [5.41, 5.74) is 0. The smallest absolute Gasteiger partial charge is 0.321 e. The molecule has 1 fully saturated rings. The molecule has 0 bridgehead atoms. The number of carbonyl (C=O) groups excluding carboxylic acids is 2. The van der Waals surface area contributed by atoms with Gasteiger partial charge in [-0.3, -0.25) is 9.59 Å². The van der Waals surface area contributed by atoms with Crippen LogP contribution in [0, 0.1) is 5.92 Å². The van der Waals surface area contributed by atoms with Gasteiger partial charge in [-0.1, -0.05) is 89.7 Å². The van der Waals surface area contributed by atoms with Gasteiger partial charge in [-0.15, -0.1) is 0 Å². The monoisotopic (exact) mass is 322 g/mol. The number of ether oxygens (including phenoxy) is 1. The van der Waals surface area contributed by atoms with Crippen LogP contribution in [0.25, 0.3) is 0 Å². The molecule has 0 aliphatic carbocycles.